The normalized spacial score (nSPS) is 29.0. The average molecular weight is 233 g/mol. The molecule has 0 aromatic carbocycles. The minimum Gasteiger partial charge on any atom is -0.334 e. The highest BCUT2D eigenvalue weighted by molar-refractivity contribution is 5.16. The highest BCUT2D eigenvalue weighted by atomic mass is 15.1. The molecule has 2 aliphatic rings. The van der Waals surface area contributed by atoms with Crippen molar-refractivity contribution >= 4 is 0 Å². The molecule has 1 saturated carbocycles. The second-order valence-corrected chi connectivity index (χ2v) is 5.84. The van der Waals surface area contributed by atoms with E-state index in [1.807, 2.05) is 0 Å². The molecule has 0 bridgehead atoms. The van der Waals surface area contributed by atoms with Crippen LogP contribution in [0, 0.1) is 11.8 Å². The molecule has 1 N–H and O–H groups in total. The summed E-state index contributed by atoms with van der Waals surface area (Å²) in [7, 11) is 0. The van der Waals surface area contributed by atoms with E-state index in [-0.39, 0.29) is 0 Å². The SMILES string of the molecule is CC1CCC(Cn2cnc3c2CCNC3)CC1. The lowest BCUT2D eigenvalue weighted by molar-refractivity contribution is 0.262. The molecule has 94 valence electrons. The summed E-state index contributed by atoms with van der Waals surface area (Å²) in [5.74, 6) is 1.84. The van der Waals surface area contributed by atoms with Gasteiger partial charge in [-0.25, -0.2) is 4.98 Å². The van der Waals surface area contributed by atoms with Crippen molar-refractivity contribution in [3.8, 4) is 0 Å². The first-order chi connectivity index (χ1) is 8.33. The van der Waals surface area contributed by atoms with Crippen molar-refractivity contribution in [2.45, 2.75) is 52.1 Å². The number of hydrogen-bond acceptors (Lipinski definition) is 2. The zero-order chi connectivity index (χ0) is 11.7. The lowest BCUT2D eigenvalue weighted by atomic mass is 9.83. The van der Waals surface area contributed by atoms with Gasteiger partial charge in [-0.2, -0.15) is 0 Å². The van der Waals surface area contributed by atoms with Gasteiger partial charge < -0.3 is 9.88 Å². The largest absolute Gasteiger partial charge is 0.334 e. The van der Waals surface area contributed by atoms with Crippen LogP contribution in [0.4, 0.5) is 0 Å². The zero-order valence-electron chi connectivity index (χ0n) is 10.8. The van der Waals surface area contributed by atoms with Crippen molar-refractivity contribution in [1.29, 1.82) is 0 Å². The number of fused-ring (bicyclic) bond motifs is 1. The molecular formula is C14H23N3. The van der Waals surface area contributed by atoms with Gasteiger partial charge in [0.1, 0.15) is 0 Å². The Kier molecular flexibility index (Phi) is 3.19. The summed E-state index contributed by atoms with van der Waals surface area (Å²) in [6.07, 6.45) is 8.87. The van der Waals surface area contributed by atoms with Gasteiger partial charge in [0, 0.05) is 31.7 Å². The number of imidazole rings is 1. The van der Waals surface area contributed by atoms with Crippen LogP contribution in [-0.4, -0.2) is 16.1 Å². The predicted octanol–water partition coefficient (Wildman–Crippen LogP) is 2.36. The Morgan fingerprint density at radius 2 is 2.18 bits per heavy atom. The van der Waals surface area contributed by atoms with E-state index in [0.29, 0.717) is 0 Å². The van der Waals surface area contributed by atoms with E-state index in [2.05, 4.69) is 28.1 Å². The van der Waals surface area contributed by atoms with Crippen molar-refractivity contribution in [1.82, 2.24) is 14.9 Å². The topological polar surface area (TPSA) is 29.9 Å². The zero-order valence-corrected chi connectivity index (χ0v) is 10.8. The molecule has 0 unspecified atom stereocenters. The van der Waals surface area contributed by atoms with E-state index in [1.165, 1.54) is 43.6 Å². The maximum atomic E-state index is 4.54. The number of nitrogens with zero attached hydrogens (tertiary/aromatic N) is 2. The van der Waals surface area contributed by atoms with Crippen LogP contribution in [0.25, 0.3) is 0 Å². The lowest BCUT2D eigenvalue weighted by Gasteiger charge is -2.27. The van der Waals surface area contributed by atoms with Crippen LogP contribution in [-0.2, 0) is 19.5 Å². The van der Waals surface area contributed by atoms with E-state index < -0.39 is 0 Å². The summed E-state index contributed by atoms with van der Waals surface area (Å²) < 4.78 is 2.43. The fraction of sp³-hybridized carbons (Fsp3) is 0.786. The maximum absolute atomic E-state index is 4.54. The molecule has 0 radical (unpaired) electrons. The molecule has 3 heteroatoms. The molecule has 1 aromatic rings. The van der Waals surface area contributed by atoms with Crippen LogP contribution < -0.4 is 5.32 Å². The van der Waals surface area contributed by atoms with E-state index >= 15 is 0 Å². The Labute approximate surface area is 104 Å². The molecule has 1 aliphatic heterocycles. The Hall–Kier alpha value is -0.830. The highest BCUT2D eigenvalue weighted by Gasteiger charge is 2.21. The summed E-state index contributed by atoms with van der Waals surface area (Å²) in [6, 6.07) is 0. The van der Waals surface area contributed by atoms with Gasteiger partial charge >= 0.3 is 0 Å². The average Bonchev–Trinajstić information content (AvgIpc) is 2.76. The van der Waals surface area contributed by atoms with Gasteiger partial charge in [-0.05, 0) is 24.7 Å². The van der Waals surface area contributed by atoms with Crippen LogP contribution in [0.2, 0.25) is 0 Å². The molecule has 1 aromatic heterocycles. The predicted molar refractivity (Wildman–Crippen MR) is 68.8 cm³/mol. The first kappa shape index (κ1) is 11.3. The Bertz CT molecular complexity index is 375. The number of nitrogens with one attached hydrogen (secondary N) is 1. The van der Waals surface area contributed by atoms with Gasteiger partial charge in [-0.1, -0.05) is 19.8 Å². The third-order valence-corrected chi connectivity index (χ3v) is 4.45. The van der Waals surface area contributed by atoms with Crippen molar-refractivity contribution < 1.29 is 0 Å². The molecule has 17 heavy (non-hydrogen) atoms. The van der Waals surface area contributed by atoms with E-state index in [4.69, 9.17) is 0 Å². The van der Waals surface area contributed by atoms with E-state index in [9.17, 15) is 0 Å². The fourth-order valence-corrected chi connectivity index (χ4v) is 3.25. The lowest BCUT2D eigenvalue weighted by Crippen LogP contribution is -2.26. The van der Waals surface area contributed by atoms with Gasteiger partial charge in [0.25, 0.3) is 0 Å². The maximum Gasteiger partial charge on any atom is 0.0952 e. The molecule has 0 amide bonds. The third-order valence-electron chi connectivity index (χ3n) is 4.45. The molecular weight excluding hydrogens is 210 g/mol. The van der Waals surface area contributed by atoms with Gasteiger partial charge in [-0.3, -0.25) is 0 Å². The molecule has 3 rings (SSSR count). The number of hydrogen-bond donors (Lipinski definition) is 1. The Balaban J connectivity index is 1.66. The van der Waals surface area contributed by atoms with Gasteiger partial charge in [-0.15, -0.1) is 0 Å². The summed E-state index contributed by atoms with van der Waals surface area (Å²) in [5, 5.41) is 3.39. The van der Waals surface area contributed by atoms with E-state index in [1.54, 1.807) is 0 Å². The second-order valence-electron chi connectivity index (χ2n) is 5.84. The molecule has 0 spiro atoms. The Morgan fingerprint density at radius 1 is 1.35 bits per heavy atom. The first-order valence-electron chi connectivity index (χ1n) is 7.06. The summed E-state index contributed by atoms with van der Waals surface area (Å²) >= 11 is 0. The molecule has 1 fully saturated rings. The summed E-state index contributed by atoms with van der Waals surface area (Å²) in [4.78, 5) is 4.54. The molecule has 0 saturated heterocycles. The molecule has 3 nitrogen and oxygen atoms in total. The van der Waals surface area contributed by atoms with Crippen LogP contribution in [0.1, 0.15) is 44.0 Å². The minimum absolute atomic E-state index is 0.888. The smallest absolute Gasteiger partial charge is 0.0952 e. The first-order valence-corrected chi connectivity index (χ1v) is 7.06. The monoisotopic (exact) mass is 233 g/mol. The van der Waals surface area contributed by atoms with E-state index in [0.717, 1.165) is 31.3 Å². The van der Waals surface area contributed by atoms with Crippen molar-refractivity contribution in [2.24, 2.45) is 11.8 Å². The van der Waals surface area contributed by atoms with Gasteiger partial charge in [0.15, 0.2) is 0 Å². The molecule has 0 atom stereocenters. The van der Waals surface area contributed by atoms with Crippen LogP contribution in [0.3, 0.4) is 0 Å². The van der Waals surface area contributed by atoms with Crippen LogP contribution in [0.15, 0.2) is 6.33 Å². The standard InChI is InChI=1S/C14H23N3/c1-11-2-4-12(5-3-11)9-17-10-16-13-8-15-7-6-14(13)17/h10-12,15H,2-9H2,1H3. The van der Waals surface area contributed by atoms with Crippen molar-refractivity contribution in [2.75, 3.05) is 6.54 Å². The summed E-state index contributed by atoms with van der Waals surface area (Å²) in [5.41, 5.74) is 2.77. The minimum atomic E-state index is 0.888. The van der Waals surface area contributed by atoms with Gasteiger partial charge in [0.2, 0.25) is 0 Å². The summed E-state index contributed by atoms with van der Waals surface area (Å²) in [6.45, 7) is 5.67. The number of aromatic nitrogens is 2. The second kappa shape index (κ2) is 4.81. The van der Waals surface area contributed by atoms with Crippen molar-refractivity contribution in [3.05, 3.63) is 17.7 Å². The molecule has 1 aliphatic carbocycles. The van der Waals surface area contributed by atoms with Crippen molar-refractivity contribution in [3.63, 3.8) is 0 Å². The Morgan fingerprint density at radius 3 is 3.00 bits per heavy atom. The quantitative estimate of drug-likeness (QED) is 0.850. The highest BCUT2D eigenvalue weighted by Crippen LogP contribution is 2.30. The fourth-order valence-electron chi connectivity index (χ4n) is 3.25. The third kappa shape index (κ3) is 2.39. The van der Waals surface area contributed by atoms with Gasteiger partial charge in [0.05, 0.1) is 12.0 Å². The number of rotatable bonds is 2. The molecule has 2 heterocycles. The van der Waals surface area contributed by atoms with Crippen LogP contribution >= 0.6 is 0 Å². The van der Waals surface area contributed by atoms with Crippen LogP contribution in [0.5, 0.6) is 0 Å².